The van der Waals surface area contributed by atoms with Crippen LogP contribution in [0.1, 0.15) is 34.3 Å². The van der Waals surface area contributed by atoms with E-state index in [0.717, 1.165) is 22.3 Å². The second-order valence-corrected chi connectivity index (χ2v) is 8.62. The van der Waals surface area contributed by atoms with Gasteiger partial charge in [0.15, 0.2) is 0 Å². The Bertz CT molecular complexity index is 1230. The molecule has 4 rings (SSSR count). The van der Waals surface area contributed by atoms with E-state index in [-0.39, 0.29) is 33.8 Å². The van der Waals surface area contributed by atoms with Crippen LogP contribution in [0.15, 0.2) is 60.7 Å². The van der Waals surface area contributed by atoms with E-state index in [2.05, 4.69) is 10.6 Å². The molecule has 0 heterocycles. The van der Waals surface area contributed by atoms with Crippen molar-refractivity contribution in [2.75, 3.05) is 11.9 Å². The molecule has 0 saturated heterocycles. The lowest BCUT2D eigenvalue weighted by Gasteiger charge is -2.18. The van der Waals surface area contributed by atoms with E-state index in [1.165, 1.54) is 19.1 Å². The number of amides is 2. The fourth-order valence-corrected chi connectivity index (χ4v) is 4.51. The topological polar surface area (TPSA) is 105 Å². The molecule has 0 aliphatic heterocycles. The Morgan fingerprint density at radius 3 is 2.03 bits per heavy atom. The van der Waals surface area contributed by atoms with Gasteiger partial charge in [-0.05, 0) is 41.3 Å². The number of nitrogens with one attached hydrogen (secondary N) is 2. The van der Waals surface area contributed by atoms with Gasteiger partial charge in [-0.3, -0.25) is 4.79 Å². The summed E-state index contributed by atoms with van der Waals surface area (Å²) in [6.45, 7) is 1.59. The second-order valence-electron chi connectivity index (χ2n) is 7.80. The van der Waals surface area contributed by atoms with Crippen molar-refractivity contribution < 1.29 is 24.2 Å². The quantitative estimate of drug-likeness (QED) is 0.412. The van der Waals surface area contributed by atoms with Crippen molar-refractivity contribution in [3.05, 3.63) is 87.4 Å². The zero-order chi connectivity index (χ0) is 24.4. The predicted octanol–water partition coefficient (Wildman–Crippen LogP) is 5.56. The summed E-state index contributed by atoms with van der Waals surface area (Å²) in [5.74, 6) is -1.90. The van der Waals surface area contributed by atoms with Crippen LogP contribution in [0.3, 0.4) is 0 Å². The Balaban J connectivity index is 1.38. The van der Waals surface area contributed by atoms with Gasteiger partial charge in [0.25, 0.3) is 0 Å². The van der Waals surface area contributed by atoms with Crippen LogP contribution in [0.2, 0.25) is 10.0 Å². The summed E-state index contributed by atoms with van der Waals surface area (Å²) in [5.41, 5.74) is 4.33. The van der Waals surface area contributed by atoms with Gasteiger partial charge >= 0.3 is 12.1 Å². The molecule has 7 nitrogen and oxygen atoms in total. The lowest BCUT2D eigenvalue weighted by Crippen LogP contribution is -2.42. The number of rotatable bonds is 6. The molecule has 3 aromatic rings. The van der Waals surface area contributed by atoms with E-state index in [4.69, 9.17) is 33.0 Å². The molecule has 0 fully saturated rings. The van der Waals surface area contributed by atoms with E-state index >= 15 is 0 Å². The van der Waals surface area contributed by atoms with Crippen molar-refractivity contribution in [2.24, 2.45) is 0 Å². The molecule has 1 aliphatic rings. The van der Waals surface area contributed by atoms with Gasteiger partial charge in [0.1, 0.15) is 12.6 Å². The van der Waals surface area contributed by atoms with E-state index in [1.54, 1.807) is 0 Å². The number of anilines is 1. The number of benzene rings is 3. The summed E-state index contributed by atoms with van der Waals surface area (Å²) < 4.78 is 5.45. The average molecular weight is 499 g/mol. The lowest BCUT2D eigenvalue weighted by molar-refractivity contribution is -0.117. The number of hydrogen-bond donors (Lipinski definition) is 3. The normalized spacial score (nSPS) is 12.9. The van der Waals surface area contributed by atoms with Crippen LogP contribution >= 0.6 is 23.2 Å². The monoisotopic (exact) mass is 498 g/mol. The zero-order valence-corrected chi connectivity index (χ0v) is 19.5. The highest BCUT2D eigenvalue weighted by Gasteiger charge is 2.29. The fourth-order valence-electron chi connectivity index (χ4n) is 3.93. The molecule has 0 bridgehead atoms. The van der Waals surface area contributed by atoms with Gasteiger partial charge in [-0.25, -0.2) is 9.59 Å². The highest BCUT2D eigenvalue weighted by molar-refractivity contribution is 6.40. The van der Waals surface area contributed by atoms with Gasteiger partial charge in [0.2, 0.25) is 5.91 Å². The van der Waals surface area contributed by atoms with Gasteiger partial charge in [0, 0.05) is 5.92 Å². The third kappa shape index (κ3) is 4.71. The first-order valence-electron chi connectivity index (χ1n) is 10.4. The SMILES string of the molecule is CC(NC(=O)OCC1c2ccccc2-c2ccccc21)C(=O)Nc1c(Cl)cc(C(=O)O)cc1Cl. The number of carboxylic acid groups (broad SMARTS) is 1. The summed E-state index contributed by atoms with van der Waals surface area (Å²) >= 11 is 12.1. The maximum atomic E-state index is 12.5. The number of fused-ring (bicyclic) bond motifs is 3. The maximum absolute atomic E-state index is 12.5. The van der Waals surface area contributed by atoms with Gasteiger partial charge in [-0.1, -0.05) is 71.7 Å². The van der Waals surface area contributed by atoms with Crippen molar-refractivity contribution in [3.63, 3.8) is 0 Å². The average Bonchev–Trinajstić information content (AvgIpc) is 3.13. The summed E-state index contributed by atoms with van der Waals surface area (Å²) in [6.07, 6.45) is -0.747. The van der Waals surface area contributed by atoms with Gasteiger partial charge in [-0.15, -0.1) is 0 Å². The van der Waals surface area contributed by atoms with E-state index in [0.29, 0.717) is 0 Å². The first kappa shape index (κ1) is 23.6. The third-order valence-corrected chi connectivity index (χ3v) is 6.20. The first-order chi connectivity index (χ1) is 16.3. The number of carbonyl (C=O) groups is 3. The number of halogens is 2. The summed E-state index contributed by atoms with van der Waals surface area (Å²) in [4.78, 5) is 36.1. The molecule has 174 valence electrons. The van der Waals surface area contributed by atoms with Crippen molar-refractivity contribution in [1.82, 2.24) is 5.32 Å². The highest BCUT2D eigenvalue weighted by atomic mass is 35.5. The number of aromatic carboxylic acids is 1. The molecule has 1 aliphatic carbocycles. The van der Waals surface area contributed by atoms with Gasteiger partial charge < -0.3 is 20.5 Å². The minimum absolute atomic E-state index is 0.0356. The Morgan fingerprint density at radius 1 is 0.971 bits per heavy atom. The molecule has 9 heteroatoms. The smallest absolute Gasteiger partial charge is 0.407 e. The van der Waals surface area contributed by atoms with Crippen LogP contribution in [0.25, 0.3) is 11.1 Å². The Hall–Kier alpha value is -3.55. The first-order valence-corrected chi connectivity index (χ1v) is 11.2. The lowest BCUT2D eigenvalue weighted by atomic mass is 9.98. The van der Waals surface area contributed by atoms with Crippen molar-refractivity contribution >= 4 is 46.9 Å². The molecule has 0 spiro atoms. The number of hydrogen-bond acceptors (Lipinski definition) is 4. The number of alkyl carbamates (subject to hydrolysis) is 1. The van der Waals surface area contributed by atoms with E-state index in [1.807, 2.05) is 48.5 Å². The third-order valence-electron chi connectivity index (χ3n) is 5.61. The summed E-state index contributed by atoms with van der Waals surface area (Å²) in [5, 5.41) is 14.0. The predicted molar refractivity (Wildman–Crippen MR) is 130 cm³/mol. The van der Waals surface area contributed by atoms with E-state index < -0.39 is 24.0 Å². The molecule has 0 radical (unpaired) electrons. The summed E-state index contributed by atoms with van der Waals surface area (Å²) in [7, 11) is 0. The van der Waals surface area contributed by atoms with Crippen LogP contribution in [-0.2, 0) is 9.53 Å². The zero-order valence-electron chi connectivity index (χ0n) is 18.0. The van der Waals surface area contributed by atoms with Gasteiger partial charge in [0.05, 0.1) is 21.3 Å². The fraction of sp³-hybridized carbons (Fsp3) is 0.160. The molecular formula is C25H20Cl2N2O5. The van der Waals surface area contributed by atoms with Crippen LogP contribution in [0.5, 0.6) is 0 Å². The van der Waals surface area contributed by atoms with Crippen LogP contribution in [-0.4, -0.2) is 35.7 Å². The number of ether oxygens (including phenoxy) is 1. The van der Waals surface area contributed by atoms with Crippen molar-refractivity contribution in [1.29, 1.82) is 0 Å². The van der Waals surface area contributed by atoms with E-state index in [9.17, 15) is 14.4 Å². The second kappa shape index (κ2) is 9.75. The Labute approximate surface area is 205 Å². The highest BCUT2D eigenvalue weighted by Crippen LogP contribution is 2.44. The maximum Gasteiger partial charge on any atom is 0.407 e. The number of carbonyl (C=O) groups excluding carboxylic acids is 2. The summed E-state index contributed by atoms with van der Waals surface area (Å²) in [6, 6.07) is 17.3. The minimum Gasteiger partial charge on any atom is -0.478 e. The number of carboxylic acids is 1. The molecule has 2 amide bonds. The standard InChI is InChI=1S/C25H20Cl2N2O5/c1-13(23(30)29-22-20(26)10-14(24(31)32)11-21(22)27)28-25(33)34-12-19-17-8-4-2-6-15(17)16-7-3-5-9-18(16)19/h2-11,13,19H,12H2,1H3,(H,28,33)(H,29,30)(H,31,32). The van der Waals surface area contributed by atoms with Crippen LogP contribution < -0.4 is 10.6 Å². The molecule has 3 aromatic carbocycles. The van der Waals surface area contributed by atoms with Crippen molar-refractivity contribution in [3.8, 4) is 11.1 Å². The molecule has 0 saturated carbocycles. The molecule has 34 heavy (non-hydrogen) atoms. The van der Waals surface area contributed by atoms with Crippen molar-refractivity contribution in [2.45, 2.75) is 18.9 Å². The van der Waals surface area contributed by atoms with Gasteiger partial charge in [-0.2, -0.15) is 0 Å². The molecular weight excluding hydrogens is 479 g/mol. The minimum atomic E-state index is -1.20. The molecule has 0 aromatic heterocycles. The Morgan fingerprint density at radius 2 is 1.50 bits per heavy atom. The Kier molecular flexibility index (Phi) is 6.77. The largest absolute Gasteiger partial charge is 0.478 e. The molecule has 1 unspecified atom stereocenters. The van der Waals surface area contributed by atoms with Crippen LogP contribution in [0.4, 0.5) is 10.5 Å². The molecule has 3 N–H and O–H groups in total. The molecule has 1 atom stereocenters. The van der Waals surface area contributed by atoms with Crippen LogP contribution in [0, 0.1) is 0 Å².